The highest BCUT2D eigenvalue weighted by molar-refractivity contribution is 7.91. The van der Waals surface area contributed by atoms with Gasteiger partial charge >= 0.3 is 0 Å². The van der Waals surface area contributed by atoms with Crippen LogP contribution in [0.15, 0.2) is 110 Å². The van der Waals surface area contributed by atoms with E-state index < -0.39 is 19.9 Å². The maximum absolute atomic E-state index is 11.9. The van der Waals surface area contributed by atoms with Crippen molar-refractivity contribution in [1.82, 2.24) is 33.0 Å². The van der Waals surface area contributed by atoms with Crippen molar-refractivity contribution in [2.45, 2.75) is 97.1 Å². The normalized spacial score (nSPS) is 23.7. The van der Waals surface area contributed by atoms with Gasteiger partial charge in [0.05, 0.1) is 103 Å². The number of ether oxygens (including phenoxy) is 2. The Hall–Kier alpha value is -4.93. The van der Waals surface area contributed by atoms with Crippen LogP contribution in [0.25, 0.3) is 33.8 Å². The molecule has 356 valence electrons. The Kier molecular flexibility index (Phi) is 13.8. The predicted molar refractivity (Wildman–Crippen MR) is 263 cm³/mol. The maximum atomic E-state index is 11.9. The third-order valence-corrected chi connectivity index (χ3v) is 18.3. The molecule has 1 saturated carbocycles. The number of sulfone groups is 1. The van der Waals surface area contributed by atoms with Crippen LogP contribution in [0.2, 0.25) is 0 Å². The van der Waals surface area contributed by atoms with Gasteiger partial charge < -0.3 is 23.2 Å². The Labute approximate surface area is 396 Å². The molecule has 3 aromatic carbocycles. The van der Waals surface area contributed by atoms with Gasteiger partial charge in [-0.2, -0.15) is 0 Å². The zero-order valence-electron chi connectivity index (χ0n) is 39.4. The van der Waals surface area contributed by atoms with E-state index in [1.165, 1.54) is 39.1 Å². The van der Waals surface area contributed by atoms with Crippen LogP contribution in [0.4, 0.5) is 0 Å². The third-order valence-electron chi connectivity index (χ3n) is 14.7. The Morgan fingerprint density at radius 2 is 0.955 bits per heavy atom. The Balaban J connectivity index is 0.000000121. The van der Waals surface area contributed by atoms with Crippen molar-refractivity contribution in [1.29, 1.82) is 0 Å². The van der Waals surface area contributed by atoms with Gasteiger partial charge in [0.2, 0.25) is 10.0 Å². The summed E-state index contributed by atoms with van der Waals surface area (Å²) in [5.74, 6) is 1.89. The summed E-state index contributed by atoms with van der Waals surface area (Å²) in [4.78, 5) is 12.9. The largest absolute Gasteiger partial charge is 0.348 e. The first kappa shape index (κ1) is 47.1. The molecule has 0 amide bonds. The molecule has 1 spiro atoms. The highest BCUT2D eigenvalue weighted by Crippen LogP contribution is 2.50. The molecule has 0 bridgehead atoms. The monoisotopic (exact) mass is 947 g/mol. The fourth-order valence-electron chi connectivity index (χ4n) is 11.5. The van der Waals surface area contributed by atoms with Crippen LogP contribution in [0, 0.1) is 17.8 Å². The van der Waals surface area contributed by atoms with Crippen LogP contribution >= 0.6 is 0 Å². The van der Waals surface area contributed by atoms with Crippen LogP contribution in [-0.2, 0) is 29.3 Å². The van der Waals surface area contributed by atoms with E-state index in [0.29, 0.717) is 48.4 Å². The second-order valence-electron chi connectivity index (χ2n) is 18.1. The first-order valence-electron chi connectivity index (χ1n) is 24.4. The molecule has 13 nitrogen and oxygen atoms in total. The van der Waals surface area contributed by atoms with Gasteiger partial charge in [0, 0.05) is 48.5 Å². The molecule has 4 fully saturated rings. The van der Waals surface area contributed by atoms with E-state index in [-0.39, 0.29) is 23.6 Å². The van der Waals surface area contributed by atoms with Gasteiger partial charge in [-0.15, -0.1) is 0 Å². The molecule has 3 unspecified atom stereocenters. The van der Waals surface area contributed by atoms with Gasteiger partial charge in [-0.05, 0) is 61.1 Å². The fourth-order valence-corrected chi connectivity index (χ4v) is 14.3. The molecule has 9 heterocycles. The highest BCUT2D eigenvalue weighted by Gasteiger charge is 2.46. The van der Waals surface area contributed by atoms with Crippen molar-refractivity contribution in [2.75, 3.05) is 43.6 Å². The summed E-state index contributed by atoms with van der Waals surface area (Å²) in [5.41, 5.74) is 11.4. The molecule has 6 aromatic rings. The average molecular weight is 948 g/mol. The number of benzene rings is 3. The minimum atomic E-state index is -3.06. The summed E-state index contributed by atoms with van der Waals surface area (Å²) in [6, 6.07) is 26.4. The van der Waals surface area contributed by atoms with E-state index in [4.69, 9.17) is 9.47 Å². The number of rotatable bonds is 5. The molecular formula is C52H65N7O6S2. The molecule has 0 radical (unpaired) electrons. The number of sulfonamides is 1. The van der Waals surface area contributed by atoms with Crippen LogP contribution in [0.5, 0.6) is 0 Å². The minimum absolute atomic E-state index is 0.178. The quantitative estimate of drug-likeness (QED) is 0.165. The molecule has 15 heteroatoms. The number of hydrogen-bond acceptors (Lipinski definition) is 9. The van der Waals surface area contributed by atoms with E-state index in [9.17, 15) is 16.8 Å². The van der Waals surface area contributed by atoms with Crippen molar-refractivity contribution >= 4 is 19.9 Å². The molecular weight excluding hydrogens is 883 g/mol. The summed E-state index contributed by atoms with van der Waals surface area (Å²) in [6.45, 7) is 12.4. The highest BCUT2D eigenvalue weighted by atomic mass is 32.2. The molecule has 67 heavy (non-hydrogen) atoms. The number of fused-ring (bicyclic) bond motifs is 9. The lowest BCUT2D eigenvalue weighted by Gasteiger charge is -2.41. The smallest absolute Gasteiger partial charge is 0.213 e. The summed E-state index contributed by atoms with van der Waals surface area (Å²) in [5, 5.41) is 0. The second-order valence-corrected chi connectivity index (χ2v) is 22.6. The third kappa shape index (κ3) is 8.75. The molecule has 13 rings (SSSR count). The molecule has 0 N–H and O–H groups in total. The Morgan fingerprint density at radius 1 is 0.582 bits per heavy atom. The molecule has 3 atom stereocenters. The minimum Gasteiger partial charge on any atom is -0.348 e. The molecule has 3 aromatic heterocycles. The average Bonchev–Trinajstić information content (AvgIpc) is 4.22. The summed E-state index contributed by atoms with van der Waals surface area (Å²) in [7, 11) is -5.87. The lowest BCUT2D eigenvalue weighted by atomic mass is 9.78. The Morgan fingerprint density at radius 3 is 1.36 bits per heavy atom. The number of imidazole rings is 3. The maximum Gasteiger partial charge on any atom is 0.213 e. The Bertz CT molecular complexity index is 2850. The van der Waals surface area contributed by atoms with Crippen molar-refractivity contribution in [2.24, 2.45) is 17.8 Å². The summed E-state index contributed by atoms with van der Waals surface area (Å²) in [6.07, 6.45) is 17.3. The zero-order valence-corrected chi connectivity index (χ0v) is 41.1. The van der Waals surface area contributed by atoms with Crippen molar-refractivity contribution < 1.29 is 26.3 Å². The van der Waals surface area contributed by atoms with Gasteiger partial charge in [0.1, 0.15) is 9.84 Å². The zero-order chi connectivity index (χ0) is 46.9. The van der Waals surface area contributed by atoms with Gasteiger partial charge in [0.25, 0.3) is 0 Å². The molecule has 6 aliphatic heterocycles. The van der Waals surface area contributed by atoms with E-state index in [1.54, 1.807) is 11.2 Å². The van der Waals surface area contributed by atoms with E-state index in [0.717, 1.165) is 63.1 Å². The number of hydrogen-bond donors (Lipinski definition) is 0. The SMILES string of the molecule is CC.CC.CCS(=O)(=O)N1CC(C2c3ccccc3-c3cncn32)C1.O=S1(=O)CCC(C2c3ccccc3-c3cncn32)CC1.c1ccc2c(c1)-c1cncn1C2C1CCC2(CC1)OCCO2. The molecule has 3 saturated heterocycles. The first-order valence-corrected chi connectivity index (χ1v) is 27.9. The number of aromatic nitrogens is 6. The standard InChI is InChI=1S/C18H20N2O2.C15H17N3O2S.C15H16N2O2S.2C2H6/c1-2-4-15-14(3-1)16-11-19-12-20(16)17(15)13-5-7-18(8-6-13)21-9-10-22-18;1-2-21(19,20)17-8-11(9-17)15-13-6-4-3-5-12(13)14-7-16-10-18(14)15;18-20(19)7-5-11(6-8-20)15-13-4-2-1-3-12(13)14-9-16-10-17(14)15;2*1-2/h1-4,11-13,17H,5-10H2;3-7,10-11,15H,2,8-9H2,1H3;1-4,9-11,15H,5-8H2;2*1-2H3. The van der Waals surface area contributed by atoms with Crippen LogP contribution < -0.4 is 0 Å². The summed E-state index contributed by atoms with van der Waals surface area (Å²) < 4.78 is 67.2. The predicted octanol–water partition coefficient (Wildman–Crippen LogP) is 9.45. The topological polar surface area (TPSA) is 143 Å². The van der Waals surface area contributed by atoms with Gasteiger partial charge in [0.15, 0.2) is 5.79 Å². The van der Waals surface area contributed by atoms with E-state index >= 15 is 0 Å². The van der Waals surface area contributed by atoms with Gasteiger partial charge in [-0.25, -0.2) is 36.1 Å². The summed E-state index contributed by atoms with van der Waals surface area (Å²) >= 11 is 0. The first-order chi connectivity index (χ1) is 32.6. The van der Waals surface area contributed by atoms with E-state index in [2.05, 4.69) is 83.3 Å². The fraction of sp³-hybridized carbons (Fsp3) is 0.481. The molecule has 1 aliphatic carbocycles. The van der Waals surface area contributed by atoms with Gasteiger partial charge in [-0.3, -0.25) is 0 Å². The van der Waals surface area contributed by atoms with Gasteiger partial charge in [-0.1, -0.05) is 100 Å². The second kappa shape index (κ2) is 19.6. The van der Waals surface area contributed by atoms with Crippen molar-refractivity contribution in [3.05, 3.63) is 127 Å². The van der Waals surface area contributed by atoms with Crippen molar-refractivity contribution in [3.8, 4) is 33.8 Å². The lowest BCUT2D eigenvalue weighted by Crippen LogP contribution is -2.53. The van der Waals surface area contributed by atoms with Crippen LogP contribution in [0.3, 0.4) is 0 Å². The molecule has 7 aliphatic rings. The number of nitrogens with zero attached hydrogens (tertiary/aromatic N) is 7. The van der Waals surface area contributed by atoms with Crippen LogP contribution in [0.1, 0.15) is 108 Å². The van der Waals surface area contributed by atoms with Crippen LogP contribution in [-0.4, -0.2) is 99.1 Å². The lowest BCUT2D eigenvalue weighted by molar-refractivity contribution is -0.183. The van der Waals surface area contributed by atoms with E-state index in [1.807, 2.05) is 83.5 Å². The van der Waals surface area contributed by atoms with Crippen molar-refractivity contribution in [3.63, 3.8) is 0 Å².